The minimum absolute atomic E-state index is 0.0885. The third kappa shape index (κ3) is 6.28. The highest BCUT2D eigenvalue weighted by Crippen LogP contribution is 2.38. The van der Waals surface area contributed by atoms with Gasteiger partial charge >= 0.3 is 5.97 Å². The van der Waals surface area contributed by atoms with Crippen LogP contribution in [0, 0.1) is 13.8 Å². The van der Waals surface area contributed by atoms with Crippen LogP contribution in [0.5, 0.6) is 5.75 Å². The Kier molecular flexibility index (Phi) is 8.91. The monoisotopic (exact) mass is 614 g/mol. The van der Waals surface area contributed by atoms with Crippen molar-refractivity contribution in [3.05, 3.63) is 74.8 Å². The molecule has 1 amide bonds. The fourth-order valence-electron chi connectivity index (χ4n) is 3.85. The number of thiophene rings is 1. The summed E-state index contributed by atoms with van der Waals surface area (Å²) in [6, 6.07) is 13.6. The van der Waals surface area contributed by atoms with E-state index in [1.165, 1.54) is 30.2 Å². The predicted octanol–water partition coefficient (Wildman–Crippen LogP) is 6.58. The number of esters is 1. The number of hydrogen-bond donors (Lipinski definition) is 1. The van der Waals surface area contributed by atoms with Crippen LogP contribution in [0.4, 0.5) is 5.00 Å². The largest absolute Gasteiger partial charge is 0.483 e. The van der Waals surface area contributed by atoms with Crippen molar-refractivity contribution in [2.24, 2.45) is 7.05 Å². The van der Waals surface area contributed by atoms with Gasteiger partial charge in [0.2, 0.25) is 5.91 Å². The normalized spacial score (nSPS) is 11.7. The van der Waals surface area contributed by atoms with E-state index in [0.29, 0.717) is 21.5 Å². The van der Waals surface area contributed by atoms with Crippen LogP contribution in [0.25, 0.3) is 11.1 Å². The summed E-state index contributed by atoms with van der Waals surface area (Å²) >= 11 is 5.96. The molecule has 0 bridgehead atoms. The van der Waals surface area contributed by atoms with E-state index in [9.17, 15) is 9.59 Å². The van der Waals surface area contributed by atoms with Gasteiger partial charge in [-0.1, -0.05) is 51.5 Å². The molecule has 0 saturated heterocycles. The second-order valence-electron chi connectivity index (χ2n) is 8.61. The molecule has 38 heavy (non-hydrogen) atoms. The first kappa shape index (κ1) is 27.9. The van der Waals surface area contributed by atoms with Crippen LogP contribution in [0.1, 0.15) is 40.3 Å². The zero-order valence-electron chi connectivity index (χ0n) is 21.6. The van der Waals surface area contributed by atoms with Crippen LogP contribution in [-0.4, -0.2) is 39.5 Å². The zero-order chi connectivity index (χ0) is 27.4. The number of benzene rings is 2. The molecule has 0 saturated carbocycles. The molecule has 8 nitrogen and oxygen atoms in total. The van der Waals surface area contributed by atoms with Gasteiger partial charge in [-0.05, 0) is 56.2 Å². The topological polar surface area (TPSA) is 95.3 Å². The Morgan fingerprint density at radius 3 is 2.58 bits per heavy atom. The Hall–Kier alpha value is -3.15. The van der Waals surface area contributed by atoms with E-state index >= 15 is 0 Å². The molecule has 2 aromatic carbocycles. The number of aryl methyl sites for hydroxylation is 2. The van der Waals surface area contributed by atoms with Crippen molar-refractivity contribution >= 4 is 55.9 Å². The van der Waals surface area contributed by atoms with E-state index in [1.54, 1.807) is 0 Å². The van der Waals surface area contributed by atoms with Crippen LogP contribution in [0.2, 0.25) is 0 Å². The number of hydrogen-bond acceptors (Lipinski definition) is 8. The number of carbonyl (C=O) groups excluding carboxylic acids is 2. The fraction of sp³-hybridized carbons (Fsp3) is 0.259. The Labute approximate surface area is 237 Å². The highest BCUT2D eigenvalue weighted by atomic mass is 79.9. The number of rotatable bonds is 9. The molecule has 0 aliphatic carbocycles. The van der Waals surface area contributed by atoms with Crippen LogP contribution >= 0.6 is 39.0 Å². The van der Waals surface area contributed by atoms with Crippen molar-refractivity contribution in [3.8, 4) is 16.9 Å². The lowest BCUT2D eigenvalue weighted by Crippen LogP contribution is -2.16. The van der Waals surface area contributed by atoms with Crippen molar-refractivity contribution in [2.45, 2.75) is 32.0 Å². The average molecular weight is 616 g/mol. The number of nitrogens with one attached hydrogen (secondary N) is 1. The molecular weight excluding hydrogens is 588 g/mol. The molecule has 198 valence electrons. The molecule has 0 fully saturated rings. The first-order valence-electron chi connectivity index (χ1n) is 11.7. The lowest BCUT2D eigenvalue weighted by molar-refractivity contribution is -0.113. The summed E-state index contributed by atoms with van der Waals surface area (Å²) < 4.78 is 13.8. The van der Waals surface area contributed by atoms with Gasteiger partial charge in [0.1, 0.15) is 16.3 Å². The Morgan fingerprint density at radius 2 is 1.87 bits per heavy atom. The number of ether oxygens (including phenoxy) is 2. The second kappa shape index (κ2) is 12.1. The standard InChI is InChI=1S/C27H27BrN4O4S2/c1-15-6-7-16(2)20(12-15)21-13-37-25(23(21)26(34)35-5)29-22(33)14-38-27-31-30-24(32(27)4)17(3)36-19-10-8-18(28)9-11-19/h6-13,17H,14H2,1-5H3,(H,29,33). The van der Waals surface area contributed by atoms with Crippen LogP contribution in [-0.2, 0) is 16.6 Å². The molecular formula is C27H27BrN4O4S2. The maximum atomic E-state index is 12.9. The van der Waals surface area contributed by atoms with Gasteiger partial charge in [0.15, 0.2) is 17.1 Å². The van der Waals surface area contributed by atoms with Gasteiger partial charge < -0.3 is 19.4 Å². The summed E-state index contributed by atoms with van der Waals surface area (Å²) in [6.07, 6.45) is -0.339. The number of carbonyl (C=O) groups is 2. The first-order chi connectivity index (χ1) is 18.2. The summed E-state index contributed by atoms with van der Waals surface area (Å²) in [7, 11) is 3.17. The lowest BCUT2D eigenvalue weighted by Gasteiger charge is -2.14. The van der Waals surface area contributed by atoms with Crippen molar-refractivity contribution in [1.29, 1.82) is 0 Å². The molecule has 0 spiro atoms. The highest BCUT2D eigenvalue weighted by molar-refractivity contribution is 9.10. The molecule has 1 N–H and O–H groups in total. The summed E-state index contributed by atoms with van der Waals surface area (Å²) in [6.45, 7) is 5.88. The molecule has 0 radical (unpaired) electrons. The van der Waals surface area contributed by atoms with Crippen LogP contribution in [0.15, 0.2) is 57.5 Å². The molecule has 4 aromatic rings. The zero-order valence-corrected chi connectivity index (χ0v) is 24.8. The Balaban J connectivity index is 1.45. The van der Waals surface area contributed by atoms with E-state index in [-0.39, 0.29) is 17.8 Å². The van der Waals surface area contributed by atoms with Crippen molar-refractivity contribution in [2.75, 3.05) is 18.2 Å². The first-order valence-corrected chi connectivity index (χ1v) is 14.3. The number of halogens is 1. The number of thioether (sulfide) groups is 1. The smallest absolute Gasteiger partial charge is 0.341 e. The highest BCUT2D eigenvalue weighted by Gasteiger charge is 2.24. The van der Waals surface area contributed by atoms with Crippen molar-refractivity contribution in [1.82, 2.24) is 14.8 Å². The predicted molar refractivity (Wildman–Crippen MR) is 154 cm³/mol. The number of methoxy groups -OCH3 is 1. The quantitative estimate of drug-likeness (QED) is 0.168. The summed E-state index contributed by atoms with van der Waals surface area (Å²) in [5.74, 6) is 0.682. The van der Waals surface area contributed by atoms with Gasteiger partial charge in [0.25, 0.3) is 0 Å². The van der Waals surface area contributed by atoms with E-state index in [1.807, 2.05) is 80.2 Å². The maximum Gasteiger partial charge on any atom is 0.341 e. The Bertz CT molecular complexity index is 1470. The average Bonchev–Trinajstić information content (AvgIpc) is 3.48. The van der Waals surface area contributed by atoms with E-state index in [4.69, 9.17) is 9.47 Å². The third-order valence-corrected chi connectivity index (χ3v) is 8.25. The Morgan fingerprint density at radius 1 is 1.13 bits per heavy atom. The lowest BCUT2D eigenvalue weighted by atomic mass is 9.97. The molecule has 2 aromatic heterocycles. The van der Waals surface area contributed by atoms with Crippen LogP contribution < -0.4 is 10.1 Å². The van der Waals surface area contributed by atoms with Crippen molar-refractivity contribution < 1.29 is 19.1 Å². The van der Waals surface area contributed by atoms with E-state index < -0.39 is 5.97 Å². The van der Waals surface area contributed by atoms with E-state index in [0.717, 1.165) is 32.5 Å². The molecule has 1 unspecified atom stereocenters. The van der Waals surface area contributed by atoms with Gasteiger partial charge in [0.05, 0.1) is 12.9 Å². The maximum absolute atomic E-state index is 12.9. The molecule has 4 rings (SSSR count). The minimum atomic E-state index is -0.497. The number of nitrogens with zero attached hydrogens (tertiary/aromatic N) is 3. The fourth-order valence-corrected chi connectivity index (χ4v) is 5.79. The molecule has 0 aliphatic rings. The van der Waals surface area contributed by atoms with Gasteiger partial charge in [-0.2, -0.15) is 0 Å². The van der Waals surface area contributed by atoms with Crippen LogP contribution in [0.3, 0.4) is 0 Å². The van der Waals surface area contributed by atoms with Gasteiger partial charge in [0, 0.05) is 22.5 Å². The summed E-state index contributed by atoms with van der Waals surface area (Å²) in [5.41, 5.74) is 4.13. The third-order valence-electron chi connectivity index (χ3n) is 5.81. The van der Waals surface area contributed by atoms with Crippen molar-refractivity contribution in [3.63, 3.8) is 0 Å². The molecule has 0 aliphatic heterocycles. The van der Waals surface area contributed by atoms with Gasteiger partial charge in [-0.15, -0.1) is 21.5 Å². The minimum Gasteiger partial charge on any atom is -0.483 e. The van der Waals surface area contributed by atoms with E-state index in [2.05, 4.69) is 31.4 Å². The molecule has 1 atom stereocenters. The van der Waals surface area contributed by atoms with Gasteiger partial charge in [-0.3, -0.25) is 4.79 Å². The molecule has 11 heteroatoms. The van der Waals surface area contributed by atoms with Gasteiger partial charge in [-0.25, -0.2) is 4.79 Å². The SMILES string of the molecule is COC(=O)c1c(-c2cc(C)ccc2C)csc1NC(=O)CSc1nnc(C(C)Oc2ccc(Br)cc2)n1C. The number of anilines is 1. The summed E-state index contributed by atoms with van der Waals surface area (Å²) in [5, 5.41) is 14.3. The second-order valence-corrected chi connectivity index (χ2v) is 11.4. The number of aromatic nitrogens is 3. The summed E-state index contributed by atoms with van der Waals surface area (Å²) in [4.78, 5) is 25.6. The molecule has 2 heterocycles. The number of amides is 1.